The maximum atomic E-state index is 12.8. The first-order chi connectivity index (χ1) is 12.7. The number of rotatable bonds is 7. The molecule has 1 aromatic heterocycles. The van der Waals surface area contributed by atoms with Gasteiger partial charge in [0.1, 0.15) is 18.5 Å². The Kier molecular flexibility index (Phi) is 6.65. The van der Waals surface area contributed by atoms with Gasteiger partial charge in [-0.05, 0) is 62.2 Å². The number of benzene rings is 1. The fraction of sp³-hybridized carbons (Fsp3) is 0.526. The highest BCUT2D eigenvalue weighted by molar-refractivity contribution is 5.84. The van der Waals surface area contributed by atoms with Crippen molar-refractivity contribution in [1.29, 1.82) is 0 Å². The Morgan fingerprint density at radius 1 is 1.22 bits per heavy atom. The predicted octanol–water partition coefficient (Wildman–Crippen LogP) is 2.17. The number of hydrogen-bond donors (Lipinski definition) is 0. The lowest BCUT2D eigenvalue weighted by Crippen LogP contribution is -2.44. The second kappa shape index (κ2) is 8.75. The second-order valence-electron chi connectivity index (χ2n) is 7.46. The summed E-state index contributed by atoms with van der Waals surface area (Å²) in [4.78, 5) is 26.6. The molecule has 0 unspecified atom stereocenters. The zero-order valence-corrected chi connectivity index (χ0v) is 16.5. The highest BCUT2D eigenvalue weighted by Gasteiger charge is 2.25. The summed E-state index contributed by atoms with van der Waals surface area (Å²) in [5, 5.41) is 11.0. The summed E-state index contributed by atoms with van der Waals surface area (Å²) in [5.41, 5.74) is 1.09. The summed E-state index contributed by atoms with van der Waals surface area (Å²) in [5.74, 6) is -0.504. The molecule has 1 atom stereocenters. The van der Waals surface area contributed by atoms with Gasteiger partial charge in [0.15, 0.2) is 0 Å². The van der Waals surface area contributed by atoms with E-state index in [2.05, 4.69) is 15.5 Å². The van der Waals surface area contributed by atoms with Gasteiger partial charge in [-0.15, -0.1) is 5.10 Å². The Balaban J connectivity index is 2.05. The van der Waals surface area contributed by atoms with Crippen LogP contribution in [0.2, 0.25) is 0 Å². The Morgan fingerprint density at radius 2 is 1.89 bits per heavy atom. The first-order valence-corrected chi connectivity index (χ1v) is 9.03. The molecule has 1 amide bonds. The number of hydrogen-bond acceptors (Lipinski definition) is 6. The largest absolute Gasteiger partial charge is 0.459 e. The number of amides is 1. The number of nitrogens with zero attached hydrogens (tertiary/aromatic N) is 5. The first-order valence-electron chi connectivity index (χ1n) is 9.03. The third kappa shape index (κ3) is 6.16. The predicted molar refractivity (Wildman–Crippen MR) is 100 cm³/mol. The Bertz CT molecular complexity index is 751. The second-order valence-corrected chi connectivity index (χ2v) is 7.46. The van der Waals surface area contributed by atoms with Crippen molar-refractivity contribution < 1.29 is 14.3 Å². The molecule has 8 heteroatoms. The molecule has 1 aromatic carbocycles. The molecule has 0 bridgehead atoms. The fourth-order valence-corrected chi connectivity index (χ4v) is 2.55. The minimum atomic E-state index is -0.576. The molecule has 0 aliphatic carbocycles. The van der Waals surface area contributed by atoms with Crippen molar-refractivity contribution in [1.82, 2.24) is 25.1 Å². The molecule has 0 saturated carbocycles. The normalized spacial score (nSPS) is 12.5. The quantitative estimate of drug-likeness (QED) is 0.691. The molecule has 8 nitrogen and oxygen atoms in total. The van der Waals surface area contributed by atoms with Crippen molar-refractivity contribution in [2.75, 3.05) is 6.54 Å². The van der Waals surface area contributed by atoms with Crippen molar-refractivity contribution >= 4 is 11.9 Å². The van der Waals surface area contributed by atoms with Crippen LogP contribution in [0.5, 0.6) is 0 Å². The van der Waals surface area contributed by atoms with Gasteiger partial charge in [0.25, 0.3) is 0 Å². The van der Waals surface area contributed by atoms with Gasteiger partial charge in [0.05, 0.1) is 12.1 Å². The van der Waals surface area contributed by atoms with Crippen LogP contribution in [0.3, 0.4) is 0 Å². The van der Waals surface area contributed by atoms with Crippen LogP contribution in [-0.2, 0) is 20.7 Å². The Hall–Kier alpha value is -2.77. The third-order valence-electron chi connectivity index (χ3n) is 4.07. The molecule has 1 heterocycles. The number of carbonyl (C=O) groups excluding carboxylic acids is 2. The Labute approximate surface area is 159 Å². The molecule has 0 aliphatic rings. The van der Waals surface area contributed by atoms with Gasteiger partial charge in [0.2, 0.25) is 5.91 Å². The summed E-state index contributed by atoms with van der Waals surface area (Å²) in [6, 6.07) is 7.36. The summed E-state index contributed by atoms with van der Waals surface area (Å²) in [6.07, 6.45) is 2.47. The van der Waals surface area contributed by atoms with Crippen LogP contribution in [0.25, 0.3) is 5.69 Å². The van der Waals surface area contributed by atoms with Gasteiger partial charge in [-0.1, -0.05) is 19.1 Å². The van der Waals surface area contributed by atoms with E-state index in [1.165, 1.54) is 6.33 Å². The number of tetrazole rings is 1. The van der Waals surface area contributed by atoms with Crippen LogP contribution < -0.4 is 0 Å². The number of ether oxygens (including phenoxy) is 1. The zero-order valence-electron chi connectivity index (χ0n) is 16.5. The Morgan fingerprint density at radius 3 is 2.41 bits per heavy atom. The van der Waals surface area contributed by atoms with Crippen molar-refractivity contribution in [3.05, 3.63) is 36.2 Å². The van der Waals surface area contributed by atoms with Crippen molar-refractivity contribution in [2.45, 2.75) is 59.1 Å². The van der Waals surface area contributed by atoms with Gasteiger partial charge >= 0.3 is 5.97 Å². The average molecular weight is 373 g/mol. The SMILES string of the molecule is CC[C@@H](C)N(CC(=O)OC(C)(C)C)C(=O)Cc1ccc(-n2cnnn2)cc1. The van der Waals surface area contributed by atoms with Crippen LogP contribution in [0, 0.1) is 0 Å². The van der Waals surface area contributed by atoms with Crippen LogP contribution in [0.15, 0.2) is 30.6 Å². The van der Waals surface area contributed by atoms with Crippen LogP contribution in [-0.4, -0.2) is 55.2 Å². The minimum absolute atomic E-state index is 0.0478. The molecular weight excluding hydrogens is 346 g/mol. The summed E-state index contributed by atoms with van der Waals surface area (Å²) < 4.78 is 6.91. The number of esters is 1. The summed E-state index contributed by atoms with van der Waals surface area (Å²) >= 11 is 0. The van der Waals surface area contributed by atoms with Gasteiger partial charge in [-0.3, -0.25) is 9.59 Å². The lowest BCUT2D eigenvalue weighted by atomic mass is 10.1. The fourth-order valence-electron chi connectivity index (χ4n) is 2.55. The van der Waals surface area contributed by atoms with Crippen LogP contribution in [0.1, 0.15) is 46.6 Å². The van der Waals surface area contributed by atoms with Gasteiger partial charge in [-0.2, -0.15) is 0 Å². The molecule has 2 rings (SSSR count). The molecule has 0 radical (unpaired) electrons. The monoisotopic (exact) mass is 373 g/mol. The molecule has 0 spiro atoms. The highest BCUT2D eigenvalue weighted by Crippen LogP contribution is 2.13. The maximum Gasteiger partial charge on any atom is 0.326 e. The molecule has 2 aromatic rings. The van der Waals surface area contributed by atoms with E-state index < -0.39 is 11.6 Å². The molecule has 0 saturated heterocycles. The van der Waals surface area contributed by atoms with E-state index in [-0.39, 0.29) is 24.9 Å². The third-order valence-corrected chi connectivity index (χ3v) is 4.07. The van der Waals surface area contributed by atoms with Gasteiger partial charge < -0.3 is 9.64 Å². The van der Waals surface area contributed by atoms with E-state index in [9.17, 15) is 9.59 Å². The van der Waals surface area contributed by atoms with Crippen molar-refractivity contribution in [2.24, 2.45) is 0 Å². The molecule has 146 valence electrons. The van der Waals surface area contributed by atoms with Crippen molar-refractivity contribution in [3.8, 4) is 5.69 Å². The highest BCUT2D eigenvalue weighted by atomic mass is 16.6. The zero-order chi connectivity index (χ0) is 20.0. The van der Waals surface area contributed by atoms with Crippen LogP contribution in [0.4, 0.5) is 0 Å². The standard InChI is InChI=1S/C19H27N5O3/c1-6-14(2)23(12-18(26)27-19(3,4)5)17(25)11-15-7-9-16(10-8-15)24-13-20-21-22-24/h7-10,13-14H,6,11-12H2,1-5H3/t14-/m1/s1. The topological polar surface area (TPSA) is 90.2 Å². The van der Waals surface area contributed by atoms with E-state index in [1.807, 2.05) is 58.9 Å². The van der Waals surface area contributed by atoms with E-state index in [0.29, 0.717) is 0 Å². The molecule has 27 heavy (non-hydrogen) atoms. The lowest BCUT2D eigenvalue weighted by Gasteiger charge is -2.29. The minimum Gasteiger partial charge on any atom is -0.459 e. The van der Waals surface area contributed by atoms with Crippen molar-refractivity contribution in [3.63, 3.8) is 0 Å². The van der Waals surface area contributed by atoms with Gasteiger partial charge in [-0.25, -0.2) is 4.68 Å². The maximum absolute atomic E-state index is 12.8. The van der Waals surface area contributed by atoms with E-state index in [4.69, 9.17) is 4.74 Å². The lowest BCUT2D eigenvalue weighted by molar-refractivity contribution is -0.159. The molecule has 0 fully saturated rings. The number of carbonyl (C=O) groups is 2. The van der Waals surface area contributed by atoms with E-state index in [1.54, 1.807) is 9.58 Å². The molecule has 0 aliphatic heterocycles. The summed E-state index contributed by atoms with van der Waals surface area (Å²) in [7, 11) is 0. The van der Waals surface area contributed by atoms with E-state index in [0.717, 1.165) is 17.7 Å². The van der Waals surface area contributed by atoms with E-state index >= 15 is 0 Å². The molecule has 0 N–H and O–H groups in total. The van der Waals surface area contributed by atoms with Crippen LogP contribution >= 0.6 is 0 Å². The average Bonchev–Trinajstić information content (AvgIpc) is 3.12. The first kappa shape index (κ1) is 20.5. The number of aromatic nitrogens is 4. The smallest absolute Gasteiger partial charge is 0.326 e. The summed E-state index contributed by atoms with van der Waals surface area (Å²) in [6.45, 7) is 9.31. The molecular formula is C19H27N5O3. The van der Waals surface area contributed by atoms with Gasteiger partial charge in [0, 0.05) is 6.04 Å².